The second-order valence-corrected chi connectivity index (χ2v) is 9.14. The number of thioether (sulfide) groups is 1. The van der Waals surface area contributed by atoms with E-state index in [0.29, 0.717) is 24.5 Å². The molecule has 1 saturated heterocycles. The highest BCUT2D eigenvalue weighted by molar-refractivity contribution is 7.98. The number of fused-ring (bicyclic) bond motifs is 1. The van der Waals surface area contributed by atoms with Crippen LogP contribution in [-0.4, -0.2) is 41.3 Å². The maximum atomic E-state index is 12.8. The van der Waals surface area contributed by atoms with E-state index in [4.69, 9.17) is 21.3 Å². The molecule has 4 nitrogen and oxygen atoms in total. The van der Waals surface area contributed by atoms with E-state index < -0.39 is 0 Å². The number of hydrogen-bond acceptors (Lipinski definition) is 4. The van der Waals surface area contributed by atoms with Gasteiger partial charge in [0.25, 0.3) is 0 Å². The first kappa shape index (κ1) is 22.1. The largest absolute Gasteiger partial charge is 0.376 e. The smallest absolute Gasteiger partial charge is 0.222 e. The van der Waals surface area contributed by atoms with Crippen molar-refractivity contribution in [1.82, 2.24) is 9.88 Å². The number of nitrogens with zero attached hydrogens (tertiary/aromatic N) is 2. The molecule has 0 aliphatic carbocycles. The second-order valence-electron chi connectivity index (χ2n) is 7.82. The average molecular weight is 455 g/mol. The summed E-state index contributed by atoms with van der Waals surface area (Å²) < 4.78 is 5.81. The number of amides is 1. The topological polar surface area (TPSA) is 42.4 Å². The van der Waals surface area contributed by atoms with Crippen molar-refractivity contribution in [3.05, 3.63) is 59.1 Å². The van der Waals surface area contributed by atoms with E-state index in [9.17, 15) is 4.79 Å². The summed E-state index contributed by atoms with van der Waals surface area (Å²) in [6, 6.07) is 16.2. The Balaban J connectivity index is 1.76. The highest BCUT2D eigenvalue weighted by Crippen LogP contribution is 2.30. The van der Waals surface area contributed by atoms with E-state index in [1.54, 1.807) is 11.8 Å². The van der Waals surface area contributed by atoms with Crippen LogP contribution >= 0.6 is 23.4 Å². The molecule has 1 aromatic heterocycles. The molecule has 1 amide bonds. The Morgan fingerprint density at radius 2 is 2.03 bits per heavy atom. The van der Waals surface area contributed by atoms with Gasteiger partial charge in [-0.05, 0) is 55.0 Å². The lowest BCUT2D eigenvalue weighted by atomic mass is 10.0. The summed E-state index contributed by atoms with van der Waals surface area (Å²) in [4.78, 5) is 20.9. The van der Waals surface area contributed by atoms with Gasteiger partial charge in [-0.3, -0.25) is 4.79 Å². The lowest BCUT2D eigenvalue weighted by Crippen LogP contribution is -2.36. The van der Waals surface area contributed by atoms with Crippen LogP contribution in [-0.2, 0) is 16.1 Å². The zero-order valence-corrected chi connectivity index (χ0v) is 19.5. The van der Waals surface area contributed by atoms with Crippen molar-refractivity contribution < 1.29 is 9.53 Å². The summed E-state index contributed by atoms with van der Waals surface area (Å²) in [5, 5.41) is 1.77. The van der Waals surface area contributed by atoms with Gasteiger partial charge in [-0.2, -0.15) is 0 Å². The third-order valence-electron chi connectivity index (χ3n) is 5.69. The average Bonchev–Trinajstić information content (AvgIpc) is 3.31. The van der Waals surface area contributed by atoms with Crippen molar-refractivity contribution in [3.63, 3.8) is 0 Å². The molecule has 1 aliphatic rings. The number of rotatable bonds is 7. The van der Waals surface area contributed by atoms with Crippen LogP contribution in [0.1, 0.15) is 31.7 Å². The van der Waals surface area contributed by atoms with Crippen molar-refractivity contribution in [2.24, 2.45) is 0 Å². The summed E-state index contributed by atoms with van der Waals surface area (Å²) >= 11 is 7.83. The van der Waals surface area contributed by atoms with Gasteiger partial charge in [0.1, 0.15) is 0 Å². The van der Waals surface area contributed by atoms with Crippen LogP contribution < -0.4 is 0 Å². The SMILES string of the molecule is CCC(=O)N(Cc1cc2ccc(SC)cc2nc1-c1ccc(Cl)cc1)CC1CCCO1. The second kappa shape index (κ2) is 10.0. The van der Waals surface area contributed by atoms with Gasteiger partial charge in [-0.15, -0.1) is 11.8 Å². The van der Waals surface area contributed by atoms with Crippen molar-refractivity contribution in [1.29, 1.82) is 0 Å². The van der Waals surface area contributed by atoms with Crippen molar-refractivity contribution in [3.8, 4) is 11.3 Å². The third kappa shape index (κ3) is 5.22. The van der Waals surface area contributed by atoms with Gasteiger partial charge < -0.3 is 9.64 Å². The molecular formula is C25H27ClN2O2S. The zero-order chi connectivity index (χ0) is 21.8. The first-order valence-corrected chi connectivity index (χ1v) is 12.3. The van der Waals surface area contributed by atoms with E-state index in [0.717, 1.165) is 47.2 Å². The third-order valence-corrected chi connectivity index (χ3v) is 6.66. The first-order valence-electron chi connectivity index (χ1n) is 10.7. The molecule has 1 fully saturated rings. The van der Waals surface area contributed by atoms with E-state index in [2.05, 4.69) is 30.5 Å². The molecule has 3 aromatic rings. The lowest BCUT2D eigenvalue weighted by Gasteiger charge is -2.26. The predicted molar refractivity (Wildman–Crippen MR) is 129 cm³/mol. The van der Waals surface area contributed by atoms with E-state index in [-0.39, 0.29) is 12.0 Å². The maximum Gasteiger partial charge on any atom is 0.222 e. The van der Waals surface area contributed by atoms with Gasteiger partial charge in [0, 0.05) is 47.0 Å². The number of halogens is 1. The van der Waals surface area contributed by atoms with Gasteiger partial charge in [0.15, 0.2) is 0 Å². The molecule has 0 bridgehead atoms. The zero-order valence-electron chi connectivity index (χ0n) is 17.9. The fraction of sp³-hybridized carbons (Fsp3) is 0.360. The molecular weight excluding hydrogens is 428 g/mol. The van der Waals surface area contributed by atoms with E-state index in [1.165, 1.54) is 4.90 Å². The molecule has 1 unspecified atom stereocenters. The Bertz CT molecular complexity index is 1070. The van der Waals surface area contributed by atoms with Crippen LogP contribution in [0.2, 0.25) is 5.02 Å². The lowest BCUT2D eigenvalue weighted by molar-refractivity contribution is -0.133. The minimum Gasteiger partial charge on any atom is -0.376 e. The van der Waals surface area contributed by atoms with Gasteiger partial charge in [-0.25, -0.2) is 4.98 Å². The number of carbonyl (C=O) groups is 1. The molecule has 2 heterocycles. The number of hydrogen-bond donors (Lipinski definition) is 0. The molecule has 6 heteroatoms. The number of pyridine rings is 1. The molecule has 4 rings (SSSR count). The number of aromatic nitrogens is 1. The maximum absolute atomic E-state index is 12.8. The minimum atomic E-state index is 0.118. The standard InChI is InChI=1S/C25H27ClN2O2S/c1-3-24(29)28(16-21-5-4-12-30-21)15-19-13-18-8-11-22(31-2)14-23(18)27-25(19)17-6-9-20(26)10-7-17/h6-11,13-14,21H,3-5,12,15-16H2,1-2H3. The van der Waals surface area contributed by atoms with E-state index >= 15 is 0 Å². The van der Waals surface area contributed by atoms with Gasteiger partial charge in [-0.1, -0.05) is 36.7 Å². The van der Waals surface area contributed by atoms with E-state index in [1.807, 2.05) is 36.1 Å². The number of ether oxygens (including phenoxy) is 1. The molecule has 0 radical (unpaired) electrons. The molecule has 162 valence electrons. The molecule has 1 atom stereocenters. The highest BCUT2D eigenvalue weighted by Gasteiger charge is 2.23. The quantitative estimate of drug-likeness (QED) is 0.399. The molecule has 0 N–H and O–H groups in total. The van der Waals surface area contributed by atoms with Crippen molar-refractivity contribution in [2.45, 2.75) is 43.7 Å². The summed E-state index contributed by atoms with van der Waals surface area (Å²) in [5.74, 6) is 0.135. The first-order chi connectivity index (χ1) is 15.1. The van der Waals surface area contributed by atoms with Crippen LogP contribution in [0.3, 0.4) is 0 Å². The number of benzene rings is 2. The normalized spacial score (nSPS) is 16.0. The Labute approximate surface area is 192 Å². The van der Waals surface area contributed by atoms with Crippen LogP contribution in [0.25, 0.3) is 22.2 Å². The summed E-state index contributed by atoms with van der Waals surface area (Å²) in [7, 11) is 0. The summed E-state index contributed by atoms with van der Waals surface area (Å²) in [5.41, 5.74) is 3.88. The summed E-state index contributed by atoms with van der Waals surface area (Å²) in [6.45, 7) is 3.82. The fourth-order valence-corrected chi connectivity index (χ4v) is 4.57. The minimum absolute atomic E-state index is 0.118. The fourth-order valence-electron chi connectivity index (χ4n) is 4.01. The Hall–Kier alpha value is -2.08. The summed E-state index contributed by atoms with van der Waals surface area (Å²) in [6.07, 6.45) is 4.72. The van der Waals surface area contributed by atoms with Gasteiger partial charge >= 0.3 is 0 Å². The Morgan fingerprint density at radius 1 is 1.23 bits per heavy atom. The Kier molecular flexibility index (Phi) is 7.16. The number of carbonyl (C=O) groups excluding carboxylic acids is 1. The molecule has 0 saturated carbocycles. The highest BCUT2D eigenvalue weighted by atomic mass is 35.5. The molecule has 1 aliphatic heterocycles. The molecule has 2 aromatic carbocycles. The monoisotopic (exact) mass is 454 g/mol. The Morgan fingerprint density at radius 3 is 2.71 bits per heavy atom. The van der Waals surface area contributed by atoms with Crippen LogP contribution in [0, 0.1) is 0 Å². The van der Waals surface area contributed by atoms with Crippen LogP contribution in [0.15, 0.2) is 53.4 Å². The van der Waals surface area contributed by atoms with Crippen molar-refractivity contribution in [2.75, 3.05) is 19.4 Å². The molecule has 31 heavy (non-hydrogen) atoms. The van der Waals surface area contributed by atoms with Crippen molar-refractivity contribution >= 4 is 40.2 Å². The van der Waals surface area contributed by atoms with Gasteiger partial charge in [0.05, 0.1) is 17.3 Å². The predicted octanol–water partition coefficient (Wildman–Crippen LogP) is 6.19. The van der Waals surface area contributed by atoms with Gasteiger partial charge in [0.2, 0.25) is 5.91 Å². The van der Waals surface area contributed by atoms with Crippen LogP contribution in [0.4, 0.5) is 0 Å². The molecule has 0 spiro atoms. The van der Waals surface area contributed by atoms with Crippen LogP contribution in [0.5, 0.6) is 0 Å².